The largest absolute Gasteiger partial charge is 0.494 e. The fourth-order valence-corrected chi connectivity index (χ4v) is 1.62. The first-order chi connectivity index (χ1) is 9.90. The number of ether oxygens (including phenoxy) is 1. The van der Waals surface area contributed by atoms with E-state index in [1.54, 1.807) is 13.8 Å². The van der Waals surface area contributed by atoms with Gasteiger partial charge in [-0.05, 0) is 44.5 Å². The van der Waals surface area contributed by atoms with Crippen molar-refractivity contribution in [1.29, 1.82) is 0 Å². The fourth-order valence-electron chi connectivity index (χ4n) is 1.62. The Bertz CT molecular complexity index is 475. The molecule has 0 aliphatic heterocycles. The number of rotatable bonds is 8. The van der Waals surface area contributed by atoms with Gasteiger partial charge < -0.3 is 15.2 Å². The number of carbonyl (C=O) groups excluding carboxylic acids is 1. The quantitative estimate of drug-likeness (QED) is 0.721. The van der Waals surface area contributed by atoms with Gasteiger partial charge in [-0.25, -0.2) is 4.39 Å². The molecule has 21 heavy (non-hydrogen) atoms. The zero-order valence-corrected chi connectivity index (χ0v) is 12.1. The van der Waals surface area contributed by atoms with E-state index in [0.29, 0.717) is 18.8 Å². The van der Waals surface area contributed by atoms with Gasteiger partial charge >= 0.3 is 5.97 Å². The van der Waals surface area contributed by atoms with E-state index in [4.69, 9.17) is 9.84 Å². The third kappa shape index (κ3) is 6.25. The lowest BCUT2D eigenvalue weighted by atomic mass is 10.0. The Morgan fingerprint density at radius 3 is 2.48 bits per heavy atom. The van der Waals surface area contributed by atoms with Gasteiger partial charge in [0.05, 0.1) is 12.5 Å². The molecule has 1 rings (SSSR count). The molecule has 0 aliphatic carbocycles. The van der Waals surface area contributed by atoms with Gasteiger partial charge in [0.25, 0.3) is 0 Å². The number of aliphatic carboxylic acids is 1. The minimum atomic E-state index is -0.942. The molecule has 0 bridgehead atoms. The highest BCUT2D eigenvalue weighted by Crippen LogP contribution is 2.11. The first-order valence-corrected chi connectivity index (χ1v) is 6.80. The van der Waals surface area contributed by atoms with E-state index in [9.17, 15) is 14.0 Å². The van der Waals surface area contributed by atoms with E-state index in [1.807, 2.05) is 0 Å². The monoisotopic (exact) mass is 297 g/mol. The fraction of sp³-hybridized carbons (Fsp3) is 0.467. The average Bonchev–Trinajstić information content (AvgIpc) is 2.44. The van der Waals surface area contributed by atoms with Crippen LogP contribution in [0.4, 0.5) is 4.39 Å². The lowest BCUT2D eigenvalue weighted by Crippen LogP contribution is -2.40. The third-order valence-electron chi connectivity index (χ3n) is 3.16. The Kier molecular flexibility index (Phi) is 6.65. The number of carbonyl (C=O) groups is 2. The van der Waals surface area contributed by atoms with Crippen LogP contribution in [-0.4, -0.2) is 29.6 Å². The van der Waals surface area contributed by atoms with Gasteiger partial charge in [-0.3, -0.25) is 9.59 Å². The molecule has 0 saturated carbocycles. The van der Waals surface area contributed by atoms with Crippen LogP contribution in [0.15, 0.2) is 24.3 Å². The second-order valence-electron chi connectivity index (χ2n) is 4.89. The summed E-state index contributed by atoms with van der Waals surface area (Å²) in [6.07, 6.45) is 0.745. The maximum Gasteiger partial charge on any atom is 0.308 e. The van der Waals surface area contributed by atoms with Gasteiger partial charge in [-0.2, -0.15) is 0 Å². The predicted molar refractivity (Wildman–Crippen MR) is 75.5 cm³/mol. The van der Waals surface area contributed by atoms with Crippen LogP contribution in [0.2, 0.25) is 0 Å². The first kappa shape index (κ1) is 16.9. The first-order valence-electron chi connectivity index (χ1n) is 6.80. The van der Waals surface area contributed by atoms with Crippen LogP contribution < -0.4 is 10.1 Å². The summed E-state index contributed by atoms with van der Waals surface area (Å²) in [4.78, 5) is 22.4. The van der Waals surface area contributed by atoms with E-state index in [2.05, 4.69) is 5.32 Å². The summed E-state index contributed by atoms with van der Waals surface area (Å²) in [5.74, 6) is -1.57. The van der Waals surface area contributed by atoms with Crippen molar-refractivity contribution in [3.63, 3.8) is 0 Å². The van der Waals surface area contributed by atoms with Crippen molar-refractivity contribution in [3.05, 3.63) is 30.1 Å². The van der Waals surface area contributed by atoms with Crippen LogP contribution in [0.3, 0.4) is 0 Å². The molecular weight excluding hydrogens is 277 g/mol. The minimum absolute atomic E-state index is 0.210. The van der Waals surface area contributed by atoms with Crippen molar-refractivity contribution in [3.8, 4) is 5.75 Å². The highest BCUT2D eigenvalue weighted by Gasteiger charge is 2.20. The van der Waals surface area contributed by atoms with E-state index in [-0.39, 0.29) is 18.1 Å². The number of carboxylic acid groups (broad SMARTS) is 1. The van der Waals surface area contributed by atoms with Crippen molar-refractivity contribution in [1.82, 2.24) is 5.32 Å². The minimum Gasteiger partial charge on any atom is -0.494 e. The Balaban J connectivity index is 2.21. The Hall–Kier alpha value is -2.11. The molecule has 0 heterocycles. The highest BCUT2D eigenvalue weighted by molar-refractivity contribution is 5.77. The molecule has 116 valence electrons. The summed E-state index contributed by atoms with van der Waals surface area (Å²) in [5.41, 5.74) is 0. The normalized spacial score (nSPS) is 13.3. The molecule has 0 spiro atoms. The zero-order valence-electron chi connectivity index (χ0n) is 12.1. The van der Waals surface area contributed by atoms with Gasteiger partial charge in [0.15, 0.2) is 0 Å². The van der Waals surface area contributed by atoms with Crippen LogP contribution in [0, 0.1) is 11.7 Å². The molecule has 2 unspecified atom stereocenters. The highest BCUT2D eigenvalue weighted by atomic mass is 19.1. The average molecular weight is 297 g/mol. The Labute approximate surface area is 123 Å². The maximum absolute atomic E-state index is 12.7. The second-order valence-corrected chi connectivity index (χ2v) is 4.89. The topological polar surface area (TPSA) is 75.6 Å². The summed E-state index contributed by atoms with van der Waals surface area (Å²) < 4.78 is 18.0. The summed E-state index contributed by atoms with van der Waals surface area (Å²) in [6.45, 7) is 3.54. The predicted octanol–water partition coefficient (Wildman–Crippen LogP) is 2.21. The van der Waals surface area contributed by atoms with Crippen molar-refractivity contribution >= 4 is 11.9 Å². The van der Waals surface area contributed by atoms with Gasteiger partial charge in [0.2, 0.25) is 5.91 Å². The summed E-state index contributed by atoms with van der Waals surface area (Å²) in [5, 5.41) is 11.5. The molecule has 1 amide bonds. The third-order valence-corrected chi connectivity index (χ3v) is 3.16. The van der Waals surface area contributed by atoms with E-state index in [0.717, 1.165) is 0 Å². The molecule has 0 aliphatic rings. The number of benzene rings is 1. The number of halogens is 1. The summed E-state index contributed by atoms with van der Waals surface area (Å²) >= 11 is 0. The maximum atomic E-state index is 12.7. The summed E-state index contributed by atoms with van der Waals surface area (Å²) in [6, 6.07) is 5.22. The molecule has 1 aromatic carbocycles. The molecule has 0 fully saturated rings. The van der Waals surface area contributed by atoms with E-state index in [1.165, 1.54) is 24.3 Å². The Morgan fingerprint density at radius 2 is 1.90 bits per heavy atom. The number of amides is 1. The molecule has 0 saturated heterocycles. The molecule has 1 aromatic rings. The van der Waals surface area contributed by atoms with Gasteiger partial charge in [-0.15, -0.1) is 0 Å². The molecule has 6 heteroatoms. The molecule has 2 N–H and O–H groups in total. The number of hydrogen-bond donors (Lipinski definition) is 2. The van der Waals surface area contributed by atoms with Crippen LogP contribution in [0.25, 0.3) is 0 Å². The standard InChI is InChI=1S/C15H20FNO4/c1-10(15(19)20)11(2)17-14(18)4-3-9-21-13-7-5-12(16)6-8-13/h5-8,10-11H,3-4,9H2,1-2H3,(H,17,18)(H,19,20). The van der Waals surface area contributed by atoms with Gasteiger partial charge in [0.1, 0.15) is 11.6 Å². The molecule has 0 radical (unpaired) electrons. The lowest BCUT2D eigenvalue weighted by molar-refractivity contribution is -0.142. The van der Waals surface area contributed by atoms with Crippen LogP contribution >= 0.6 is 0 Å². The van der Waals surface area contributed by atoms with E-state index < -0.39 is 17.9 Å². The van der Waals surface area contributed by atoms with Crippen LogP contribution in [0.5, 0.6) is 5.75 Å². The van der Waals surface area contributed by atoms with Crippen molar-refractivity contribution in [2.45, 2.75) is 32.7 Å². The summed E-state index contributed by atoms with van der Waals surface area (Å²) in [7, 11) is 0. The Morgan fingerprint density at radius 1 is 1.29 bits per heavy atom. The SMILES string of the molecule is CC(NC(=O)CCCOc1ccc(F)cc1)C(C)C(=O)O. The smallest absolute Gasteiger partial charge is 0.308 e. The number of carboxylic acids is 1. The van der Waals surface area contributed by atoms with Crippen LogP contribution in [0.1, 0.15) is 26.7 Å². The molecule has 2 atom stereocenters. The van der Waals surface area contributed by atoms with Crippen molar-refractivity contribution < 1.29 is 23.8 Å². The zero-order chi connectivity index (χ0) is 15.8. The van der Waals surface area contributed by atoms with E-state index >= 15 is 0 Å². The number of nitrogens with one attached hydrogen (secondary N) is 1. The number of hydrogen-bond acceptors (Lipinski definition) is 3. The lowest BCUT2D eigenvalue weighted by Gasteiger charge is -2.17. The van der Waals surface area contributed by atoms with Crippen molar-refractivity contribution in [2.24, 2.45) is 5.92 Å². The van der Waals surface area contributed by atoms with Gasteiger partial charge in [-0.1, -0.05) is 0 Å². The molecule has 0 aromatic heterocycles. The van der Waals surface area contributed by atoms with Gasteiger partial charge in [0, 0.05) is 12.5 Å². The molecular formula is C15H20FNO4. The van der Waals surface area contributed by atoms with Crippen molar-refractivity contribution in [2.75, 3.05) is 6.61 Å². The van der Waals surface area contributed by atoms with Crippen LogP contribution in [-0.2, 0) is 9.59 Å². The second kappa shape index (κ2) is 8.24. The molecule has 5 nitrogen and oxygen atoms in total.